The summed E-state index contributed by atoms with van der Waals surface area (Å²) in [6.07, 6.45) is 5.07. The number of nitrogens with zero attached hydrogens (tertiary/aromatic N) is 5. The van der Waals surface area contributed by atoms with Gasteiger partial charge < -0.3 is 20.4 Å². The van der Waals surface area contributed by atoms with E-state index in [0.717, 1.165) is 38.3 Å². The van der Waals surface area contributed by atoms with Crippen molar-refractivity contribution in [3.63, 3.8) is 0 Å². The van der Waals surface area contributed by atoms with Crippen molar-refractivity contribution in [3.8, 4) is 0 Å². The molecule has 1 aromatic heterocycles. The smallest absolute Gasteiger partial charge is 0.224 e. The van der Waals surface area contributed by atoms with Gasteiger partial charge in [0.15, 0.2) is 5.96 Å². The third-order valence-electron chi connectivity index (χ3n) is 5.09. The van der Waals surface area contributed by atoms with E-state index in [1.807, 2.05) is 21.8 Å². The number of benzene rings is 1. The molecule has 0 atom stereocenters. The first-order chi connectivity index (χ1) is 14.7. The van der Waals surface area contributed by atoms with Crippen LogP contribution >= 0.6 is 0 Å². The molecule has 3 rings (SSSR count). The zero-order chi connectivity index (χ0) is 21.2. The first-order valence-corrected chi connectivity index (χ1v) is 10.4. The summed E-state index contributed by atoms with van der Waals surface area (Å²) in [7, 11) is 1.72. The number of carbonyl (C=O) groups excluding carboxylic acids is 1. The maximum Gasteiger partial charge on any atom is 0.224 e. The van der Waals surface area contributed by atoms with Crippen LogP contribution in [0, 0.1) is 5.82 Å². The van der Waals surface area contributed by atoms with E-state index >= 15 is 0 Å². The van der Waals surface area contributed by atoms with Crippen LogP contribution < -0.4 is 15.5 Å². The van der Waals surface area contributed by atoms with Gasteiger partial charge in [0.05, 0.1) is 0 Å². The van der Waals surface area contributed by atoms with Crippen LogP contribution in [0.5, 0.6) is 0 Å². The van der Waals surface area contributed by atoms with Gasteiger partial charge >= 0.3 is 0 Å². The number of anilines is 1. The van der Waals surface area contributed by atoms with E-state index in [0.29, 0.717) is 32.0 Å². The molecule has 1 aliphatic rings. The topological polar surface area (TPSA) is 77.8 Å². The fraction of sp³-hybridized carbons (Fsp3) is 0.476. The van der Waals surface area contributed by atoms with Crippen molar-refractivity contribution >= 4 is 17.6 Å². The van der Waals surface area contributed by atoms with E-state index in [-0.39, 0.29) is 11.7 Å². The van der Waals surface area contributed by atoms with Crippen molar-refractivity contribution in [2.75, 3.05) is 51.2 Å². The number of aryl methyl sites for hydroxylation is 1. The van der Waals surface area contributed by atoms with Crippen molar-refractivity contribution in [2.24, 2.45) is 4.99 Å². The lowest BCUT2D eigenvalue weighted by atomic mass is 10.2. The third-order valence-corrected chi connectivity index (χ3v) is 5.09. The van der Waals surface area contributed by atoms with Crippen LogP contribution in [-0.4, -0.2) is 72.9 Å². The minimum absolute atomic E-state index is 0.135. The van der Waals surface area contributed by atoms with Crippen LogP contribution in [0.3, 0.4) is 0 Å². The van der Waals surface area contributed by atoms with Crippen LogP contribution in [0.15, 0.2) is 47.7 Å². The summed E-state index contributed by atoms with van der Waals surface area (Å²) in [5.41, 5.74) is 0.993. The number of hydrogen-bond donors (Lipinski definition) is 2. The molecular weight excluding hydrogens is 385 g/mol. The minimum Gasteiger partial charge on any atom is -0.368 e. The average molecular weight is 416 g/mol. The van der Waals surface area contributed by atoms with Crippen molar-refractivity contribution < 1.29 is 9.18 Å². The molecule has 1 aliphatic heterocycles. The largest absolute Gasteiger partial charge is 0.368 e. The second kappa shape index (κ2) is 11.2. The summed E-state index contributed by atoms with van der Waals surface area (Å²) in [5, 5.41) is 10.6. The Morgan fingerprint density at radius 2 is 1.87 bits per heavy atom. The highest BCUT2D eigenvalue weighted by atomic mass is 19.1. The Bertz CT molecular complexity index is 799. The molecule has 1 aromatic carbocycles. The molecule has 0 aliphatic carbocycles. The average Bonchev–Trinajstić information content (AvgIpc) is 3.29. The number of guanidine groups is 1. The van der Waals surface area contributed by atoms with E-state index in [4.69, 9.17) is 0 Å². The van der Waals surface area contributed by atoms with Crippen molar-refractivity contribution in [1.29, 1.82) is 0 Å². The number of aliphatic imine (C=N–C) groups is 1. The molecule has 9 heteroatoms. The SMILES string of the molecule is CN=C(NCCCn1cccn1)NCCC(=O)N1CCN(c2ccc(F)cc2)CC1. The first kappa shape index (κ1) is 21.6. The van der Waals surface area contributed by atoms with E-state index < -0.39 is 0 Å². The summed E-state index contributed by atoms with van der Waals surface area (Å²) >= 11 is 0. The molecule has 0 unspecified atom stereocenters. The van der Waals surface area contributed by atoms with E-state index in [1.165, 1.54) is 12.1 Å². The Kier molecular flexibility index (Phi) is 8.05. The van der Waals surface area contributed by atoms with Crippen LogP contribution in [0.25, 0.3) is 0 Å². The highest BCUT2D eigenvalue weighted by Crippen LogP contribution is 2.17. The normalized spacial score (nSPS) is 14.7. The lowest BCUT2D eigenvalue weighted by molar-refractivity contribution is -0.131. The van der Waals surface area contributed by atoms with Gasteiger partial charge in [0, 0.05) is 77.4 Å². The number of aromatic nitrogens is 2. The standard InChI is InChI=1S/C21H30FN7O/c1-23-21(24-9-2-12-29-13-3-10-26-29)25-11-8-20(30)28-16-14-27(15-17-28)19-6-4-18(22)5-7-19/h3-7,10,13H,2,8-9,11-12,14-17H2,1H3,(H2,23,24,25). The van der Waals surface area contributed by atoms with Gasteiger partial charge in [0.2, 0.25) is 5.91 Å². The van der Waals surface area contributed by atoms with Gasteiger partial charge in [-0.15, -0.1) is 0 Å². The molecule has 2 aromatic rings. The quantitative estimate of drug-likeness (QED) is 0.386. The predicted molar refractivity (Wildman–Crippen MR) is 116 cm³/mol. The lowest BCUT2D eigenvalue weighted by Crippen LogP contribution is -2.49. The molecule has 30 heavy (non-hydrogen) atoms. The van der Waals surface area contributed by atoms with Gasteiger partial charge in [0.1, 0.15) is 5.82 Å². The molecule has 2 heterocycles. The van der Waals surface area contributed by atoms with Gasteiger partial charge in [-0.05, 0) is 36.8 Å². The van der Waals surface area contributed by atoms with Crippen molar-refractivity contribution in [1.82, 2.24) is 25.3 Å². The Morgan fingerprint density at radius 3 is 2.53 bits per heavy atom. The van der Waals surface area contributed by atoms with Gasteiger partial charge in [-0.25, -0.2) is 4.39 Å². The summed E-state index contributed by atoms with van der Waals surface area (Å²) in [6, 6.07) is 8.41. The molecule has 0 saturated carbocycles. The zero-order valence-corrected chi connectivity index (χ0v) is 17.4. The lowest BCUT2D eigenvalue weighted by Gasteiger charge is -2.36. The second-order valence-electron chi connectivity index (χ2n) is 7.14. The Labute approximate surface area is 176 Å². The molecular formula is C21H30FN7O. The highest BCUT2D eigenvalue weighted by molar-refractivity contribution is 5.81. The Hall–Kier alpha value is -3.10. The number of carbonyl (C=O) groups is 1. The maximum atomic E-state index is 13.1. The molecule has 8 nitrogen and oxygen atoms in total. The van der Waals surface area contributed by atoms with E-state index in [1.54, 1.807) is 25.4 Å². The summed E-state index contributed by atoms with van der Waals surface area (Å²) in [5.74, 6) is 0.599. The van der Waals surface area contributed by atoms with Crippen LogP contribution in [0.2, 0.25) is 0 Å². The summed E-state index contributed by atoms with van der Waals surface area (Å²) < 4.78 is 15.0. The molecule has 0 radical (unpaired) electrons. The number of amides is 1. The first-order valence-electron chi connectivity index (χ1n) is 10.4. The number of piperazine rings is 1. The maximum absolute atomic E-state index is 13.1. The zero-order valence-electron chi connectivity index (χ0n) is 17.4. The fourth-order valence-corrected chi connectivity index (χ4v) is 3.41. The summed E-state index contributed by atoms with van der Waals surface area (Å²) in [4.78, 5) is 20.8. The van der Waals surface area contributed by atoms with E-state index in [2.05, 4.69) is 25.6 Å². The van der Waals surface area contributed by atoms with Crippen LogP contribution in [0.4, 0.5) is 10.1 Å². The molecule has 2 N–H and O–H groups in total. The van der Waals surface area contributed by atoms with Gasteiger partial charge in [-0.1, -0.05) is 0 Å². The van der Waals surface area contributed by atoms with Crippen molar-refractivity contribution in [3.05, 3.63) is 48.5 Å². The summed E-state index contributed by atoms with van der Waals surface area (Å²) in [6.45, 7) is 5.02. The van der Waals surface area contributed by atoms with Crippen LogP contribution in [-0.2, 0) is 11.3 Å². The molecule has 1 amide bonds. The number of hydrogen-bond acceptors (Lipinski definition) is 4. The van der Waals surface area contributed by atoms with Gasteiger partial charge in [-0.2, -0.15) is 5.10 Å². The fourth-order valence-electron chi connectivity index (χ4n) is 3.41. The highest BCUT2D eigenvalue weighted by Gasteiger charge is 2.21. The molecule has 0 bridgehead atoms. The molecule has 162 valence electrons. The predicted octanol–water partition coefficient (Wildman–Crippen LogP) is 1.32. The monoisotopic (exact) mass is 415 g/mol. The van der Waals surface area contributed by atoms with Gasteiger partial charge in [-0.3, -0.25) is 14.5 Å². The Morgan fingerprint density at radius 1 is 1.13 bits per heavy atom. The van der Waals surface area contributed by atoms with E-state index in [9.17, 15) is 9.18 Å². The van der Waals surface area contributed by atoms with Gasteiger partial charge in [0.25, 0.3) is 0 Å². The molecule has 0 spiro atoms. The molecule has 1 fully saturated rings. The second-order valence-corrected chi connectivity index (χ2v) is 7.14. The number of nitrogens with one attached hydrogen (secondary N) is 2. The number of rotatable bonds is 8. The Balaban J connectivity index is 1.30. The van der Waals surface area contributed by atoms with Crippen LogP contribution in [0.1, 0.15) is 12.8 Å². The third kappa shape index (κ3) is 6.47. The van der Waals surface area contributed by atoms with Crippen molar-refractivity contribution in [2.45, 2.75) is 19.4 Å². The minimum atomic E-state index is -0.234. The molecule has 1 saturated heterocycles. The number of halogens is 1.